The second kappa shape index (κ2) is 6.88. The molecule has 2 heterocycles. The summed E-state index contributed by atoms with van der Waals surface area (Å²) in [5.41, 5.74) is 0. The zero-order chi connectivity index (χ0) is 14.4. The summed E-state index contributed by atoms with van der Waals surface area (Å²) in [6.07, 6.45) is 6.39. The van der Waals surface area contributed by atoms with Crippen LogP contribution >= 0.6 is 0 Å². The molecule has 0 fully saturated rings. The Labute approximate surface area is 119 Å². The highest BCUT2D eigenvalue weighted by Gasteiger charge is 2.07. The van der Waals surface area contributed by atoms with Gasteiger partial charge in [0.1, 0.15) is 17.5 Å². The lowest BCUT2D eigenvalue weighted by atomic mass is 10.3. The van der Waals surface area contributed by atoms with Crippen molar-refractivity contribution in [1.82, 2.24) is 19.5 Å². The normalized spacial score (nSPS) is 12.2. The molecule has 0 aliphatic heterocycles. The van der Waals surface area contributed by atoms with E-state index < -0.39 is 0 Å². The van der Waals surface area contributed by atoms with E-state index in [0.717, 1.165) is 37.0 Å². The first kappa shape index (κ1) is 14.3. The van der Waals surface area contributed by atoms with Crippen molar-refractivity contribution in [1.29, 1.82) is 0 Å². The third kappa shape index (κ3) is 3.94. The van der Waals surface area contributed by atoms with Gasteiger partial charge in [0.05, 0.1) is 6.33 Å². The monoisotopic (exact) mass is 274 g/mol. The lowest BCUT2D eigenvalue weighted by molar-refractivity contribution is 0.616. The zero-order valence-electron chi connectivity index (χ0n) is 12.3. The Morgan fingerprint density at radius 2 is 2.05 bits per heavy atom. The lowest BCUT2D eigenvalue weighted by Crippen LogP contribution is -2.22. The molecule has 2 aromatic heterocycles. The van der Waals surface area contributed by atoms with Gasteiger partial charge in [0.15, 0.2) is 0 Å². The van der Waals surface area contributed by atoms with Gasteiger partial charge in [-0.05, 0) is 13.8 Å². The van der Waals surface area contributed by atoms with Crippen molar-refractivity contribution >= 4 is 11.6 Å². The predicted molar refractivity (Wildman–Crippen MR) is 80.9 cm³/mol. The van der Waals surface area contributed by atoms with Crippen LogP contribution in [0.25, 0.3) is 0 Å². The highest BCUT2D eigenvalue weighted by Crippen LogP contribution is 2.13. The minimum Gasteiger partial charge on any atom is -0.370 e. The standard InChI is InChI=1S/C14H22N6/c1-4-12-18-13(16-5-2)8-14(19-12)17-11(3)9-20-7-6-15-10-20/h6-8,10-11H,4-5,9H2,1-3H3,(H2,16,17,18,19). The SMILES string of the molecule is CCNc1cc(NC(C)Cn2ccnc2)nc(CC)n1. The molecule has 0 saturated carbocycles. The highest BCUT2D eigenvalue weighted by atomic mass is 15.1. The fraction of sp³-hybridized carbons (Fsp3) is 0.500. The van der Waals surface area contributed by atoms with Gasteiger partial charge in [0, 0.05) is 44.0 Å². The Morgan fingerprint density at radius 3 is 2.70 bits per heavy atom. The van der Waals surface area contributed by atoms with Gasteiger partial charge < -0.3 is 15.2 Å². The van der Waals surface area contributed by atoms with Crippen molar-refractivity contribution in [2.45, 2.75) is 39.8 Å². The van der Waals surface area contributed by atoms with Crippen molar-refractivity contribution in [2.75, 3.05) is 17.2 Å². The summed E-state index contributed by atoms with van der Waals surface area (Å²) in [6.45, 7) is 7.94. The number of hydrogen-bond donors (Lipinski definition) is 2. The maximum Gasteiger partial charge on any atom is 0.132 e. The van der Waals surface area contributed by atoms with Gasteiger partial charge in [0.25, 0.3) is 0 Å². The summed E-state index contributed by atoms with van der Waals surface area (Å²) >= 11 is 0. The van der Waals surface area contributed by atoms with Crippen molar-refractivity contribution in [3.63, 3.8) is 0 Å². The molecule has 20 heavy (non-hydrogen) atoms. The number of hydrogen-bond acceptors (Lipinski definition) is 5. The van der Waals surface area contributed by atoms with Gasteiger partial charge in [-0.3, -0.25) is 0 Å². The molecule has 0 spiro atoms. The van der Waals surface area contributed by atoms with Gasteiger partial charge in [-0.2, -0.15) is 0 Å². The molecule has 2 N–H and O–H groups in total. The predicted octanol–water partition coefficient (Wildman–Crippen LogP) is 2.17. The smallest absolute Gasteiger partial charge is 0.132 e. The summed E-state index contributed by atoms with van der Waals surface area (Å²) in [5.74, 6) is 2.58. The molecule has 6 heteroatoms. The van der Waals surface area contributed by atoms with E-state index in [1.807, 2.05) is 23.2 Å². The lowest BCUT2D eigenvalue weighted by Gasteiger charge is -2.16. The van der Waals surface area contributed by atoms with E-state index in [1.54, 1.807) is 6.20 Å². The molecule has 2 aromatic rings. The first-order valence-electron chi connectivity index (χ1n) is 7.05. The third-order valence-corrected chi connectivity index (χ3v) is 2.88. The fourth-order valence-electron chi connectivity index (χ4n) is 2.01. The molecule has 0 radical (unpaired) electrons. The fourth-order valence-corrected chi connectivity index (χ4v) is 2.01. The Kier molecular flexibility index (Phi) is 4.92. The van der Waals surface area contributed by atoms with Crippen LogP contribution in [0.4, 0.5) is 11.6 Å². The van der Waals surface area contributed by atoms with Gasteiger partial charge in [-0.25, -0.2) is 15.0 Å². The van der Waals surface area contributed by atoms with E-state index in [4.69, 9.17) is 0 Å². The first-order chi connectivity index (χ1) is 9.71. The van der Waals surface area contributed by atoms with Crippen molar-refractivity contribution in [3.8, 4) is 0 Å². The van der Waals surface area contributed by atoms with Gasteiger partial charge in [-0.1, -0.05) is 6.92 Å². The van der Waals surface area contributed by atoms with Crippen molar-refractivity contribution in [2.24, 2.45) is 0 Å². The Bertz CT molecular complexity index is 522. The maximum absolute atomic E-state index is 4.52. The number of imidazole rings is 1. The van der Waals surface area contributed by atoms with E-state index in [0.29, 0.717) is 0 Å². The van der Waals surface area contributed by atoms with Crippen LogP contribution in [0.15, 0.2) is 24.8 Å². The van der Waals surface area contributed by atoms with E-state index in [9.17, 15) is 0 Å². The van der Waals surface area contributed by atoms with Gasteiger partial charge in [0.2, 0.25) is 0 Å². The van der Waals surface area contributed by atoms with Crippen LogP contribution in [0.3, 0.4) is 0 Å². The average Bonchev–Trinajstić information content (AvgIpc) is 2.91. The number of rotatable bonds is 7. The van der Waals surface area contributed by atoms with Crippen LogP contribution in [0.5, 0.6) is 0 Å². The largest absolute Gasteiger partial charge is 0.370 e. The molecule has 108 valence electrons. The van der Waals surface area contributed by atoms with E-state index in [2.05, 4.69) is 46.4 Å². The van der Waals surface area contributed by atoms with Gasteiger partial charge in [-0.15, -0.1) is 0 Å². The molecule has 1 unspecified atom stereocenters. The van der Waals surface area contributed by atoms with Crippen molar-refractivity contribution in [3.05, 3.63) is 30.6 Å². The number of nitrogens with one attached hydrogen (secondary N) is 2. The average molecular weight is 274 g/mol. The molecule has 0 saturated heterocycles. The van der Waals surface area contributed by atoms with Crippen LogP contribution in [0.1, 0.15) is 26.6 Å². The van der Waals surface area contributed by atoms with E-state index >= 15 is 0 Å². The number of aryl methyl sites for hydroxylation is 1. The van der Waals surface area contributed by atoms with Crippen LogP contribution in [0.2, 0.25) is 0 Å². The first-order valence-corrected chi connectivity index (χ1v) is 7.05. The number of aromatic nitrogens is 4. The van der Waals surface area contributed by atoms with Crippen LogP contribution in [-0.4, -0.2) is 32.1 Å². The molecule has 0 bridgehead atoms. The maximum atomic E-state index is 4.52. The Hall–Kier alpha value is -2.11. The molecule has 0 amide bonds. The minimum atomic E-state index is 0.262. The second-order valence-electron chi connectivity index (χ2n) is 4.74. The molecule has 2 rings (SSSR count). The molecular formula is C14H22N6. The molecule has 6 nitrogen and oxygen atoms in total. The summed E-state index contributed by atoms with van der Waals surface area (Å²) < 4.78 is 2.05. The highest BCUT2D eigenvalue weighted by molar-refractivity contribution is 5.48. The summed E-state index contributed by atoms with van der Waals surface area (Å²) in [4.78, 5) is 13.0. The summed E-state index contributed by atoms with van der Waals surface area (Å²) in [7, 11) is 0. The zero-order valence-corrected chi connectivity index (χ0v) is 12.3. The van der Waals surface area contributed by atoms with Crippen molar-refractivity contribution < 1.29 is 0 Å². The van der Waals surface area contributed by atoms with Crippen LogP contribution in [0, 0.1) is 0 Å². The third-order valence-electron chi connectivity index (χ3n) is 2.88. The molecular weight excluding hydrogens is 252 g/mol. The summed E-state index contributed by atoms with van der Waals surface area (Å²) in [6, 6.07) is 2.21. The number of nitrogens with zero attached hydrogens (tertiary/aromatic N) is 4. The van der Waals surface area contributed by atoms with Crippen LogP contribution < -0.4 is 10.6 Å². The van der Waals surface area contributed by atoms with Gasteiger partial charge >= 0.3 is 0 Å². The molecule has 0 aromatic carbocycles. The number of anilines is 2. The second-order valence-corrected chi connectivity index (χ2v) is 4.74. The quantitative estimate of drug-likeness (QED) is 0.810. The minimum absolute atomic E-state index is 0.262. The topological polar surface area (TPSA) is 67.7 Å². The Morgan fingerprint density at radius 1 is 1.25 bits per heavy atom. The molecule has 1 atom stereocenters. The molecule has 0 aliphatic rings. The van der Waals surface area contributed by atoms with E-state index in [-0.39, 0.29) is 6.04 Å². The van der Waals surface area contributed by atoms with Crippen LogP contribution in [-0.2, 0) is 13.0 Å². The Balaban J connectivity index is 2.05. The summed E-state index contributed by atoms with van der Waals surface area (Å²) in [5, 5.41) is 6.65. The molecule has 0 aliphatic carbocycles. The van der Waals surface area contributed by atoms with E-state index in [1.165, 1.54) is 0 Å².